The Bertz CT molecular complexity index is 512. The third-order valence-corrected chi connectivity index (χ3v) is 2.16. The van der Waals surface area contributed by atoms with E-state index in [1.807, 2.05) is 18.2 Å². The monoisotopic (exact) mass is 241 g/mol. The number of hydrogen-bond acceptors (Lipinski definition) is 4. The number of nitrogens with zero attached hydrogens (tertiary/aromatic N) is 1. The van der Waals surface area contributed by atoms with Gasteiger partial charge in [0.1, 0.15) is 5.75 Å². The number of nitrogens with two attached hydrogens (primary N) is 2. The molecular formula is C14H15N3O. The van der Waals surface area contributed by atoms with E-state index >= 15 is 0 Å². The molecule has 92 valence electrons. The molecule has 0 spiro atoms. The van der Waals surface area contributed by atoms with Crippen molar-refractivity contribution in [2.45, 2.75) is 0 Å². The lowest BCUT2D eigenvalue weighted by atomic mass is 10.2. The highest BCUT2D eigenvalue weighted by molar-refractivity contribution is 5.43. The van der Waals surface area contributed by atoms with Gasteiger partial charge in [-0.25, -0.2) is 0 Å². The van der Waals surface area contributed by atoms with Gasteiger partial charge in [-0.2, -0.15) is 5.26 Å². The van der Waals surface area contributed by atoms with Crippen LogP contribution in [0.15, 0.2) is 48.5 Å². The van der Waals surface area contributed by atoms with Gasteiger partial charge in [-0.1, -0.05) is 0 Å². The van der Waals surface area contributed by atoms with E-state index in [4.69, 9.17) is 21.5 Å². The summed E-state index contributed by atoms with van der Waals surface area (Å²) in [6, 6.07) is 16.1. The number of rotatable bonds is 1. The maximum Gasteiger partial charge on any atom is 0.119 e. The summed E-state index contributed by atoms with van der Waals surface area (Å²) >= 11 is 0. The first-order valence-corrected chi connectivity index (χ1v) is 5.31. The lowest BCUT2D eigenvalue weighted by Gasteiger charge is -1.97. The molecule has 2 aromatic carbocycles. The van der Waals surface area contributed by atoms with Crippen LogP contribution in [0.4, 0.5) is 11.4 Å². The molecule has 18 heavy (non-hydrogen) atoms. The van der Waals surface area contributed by atoms with Gasteiger partial charge >= 0.3 is 0 Å². The fraction of sp³-hybridized carbons (Fsp3) is 0.0714. The highest BCUT2D eigenvalue weighted by Gasteiger charge is 1.86. The number of nitrogen functional groups attached to an aromatic ring is 2. The van der Waals surface area contributed by atoms with Gasteiger partial charge in [0, 0.05) is 11.4 Å². The first kappa shape index (κ1) is 13.4. The number of benzene rings is 2. The molecule has 0 saturated heterocycles. The Balaban J connectivity index is 0.000000180. The molecule has 0 bridgehead atoms. The summed E-state index contributed by atoms with van der Waals surface area (Å²) in [7, 11) is 1.63. The van der Waals surface area contributed by atoms with Crippen LogP contribution in [0.3, 0.4) is 0 Å². The third-order valence-electron chi connectivity index (χ3n) is 2.16. The number of methoxy groups -OCH3 is 1. The fourth-order valence-electron chi connectivity index (χ4n) is 1.16. The van der Waals surface area contributed by atoms with Gasteiger partial charge in [0.2, 0.25) is 0 Å². The Morgan fingerprint density at radius 1 is 0.889 bits per heavy atom. The molecule has 2 aromatic rings. The van der Waals surface area contributed by atoms with Crippen LogP contribution in [0.25, 0.3) is 0 Å². The topological polar surface area (TPSA) is 85.1 Å². The van der Waals surface area contributed by atoms with Crippen molar-refractivity contribution in [2.75, 3.05) is 18.6 Å². The van der Waals surface area contributed by atoms with Gasteiger partial charge in [0.25, 0.3) is 0 Å². The molecule has 0 aliphatic heterocycles. The summed E-state index contributed by atoms with van der Waals surface area (Å²) in [5.74, 6) is 0.837. The zero-order valence-electron chi connectivity index (χ0n) is 10.1. The fourth-order valence-corrected chi connectivity index (χ4v) is 1.16. The summed E-state index contributed by atoms with van der Waals surface area (Å²) in [4.78, 5) is 0. The molecule has 2 rings (SSSR count). The molecule has 0 aliphatic rings. The Labute approximate surface area is 106 Å². The van der Waals surface area contributed by atoms with E-state index in [1.165, 1.54) is 0 Å². The molecule has 0 amide bonds. The molecule has 4 N–H and O–H groups in total. The van der Waals surface area contributed by atoms with E-state index in [0.717, 1.165) is 11.4 Å². The van der Waals surface area contributed by atoms with Crippen molar-refractivity contribution in [1.29, 1.82) is 5.26 Å². The van der Waals surface area contributed by atoms with Crippen molar-refractivity contribution in [3.8, 4) is 11.8 Å². The molecule has 4 nitrogen and oxygen atoms in total. The molecule has 0 aromatic heterocycles. The van der Waals surface area contributed by atoms with Gasteiger partial charge in [0.15, 0.2) is 0 Å². The zero-order chi connectivity index (χ0) is 13.4. The van der Waals surface area contributed by atoms with Crippen LogP contribution in [-0.4, -0.2) is 7.11 Å². The van der Waals surface area contributed by atoms with Gasteiger partial charge < -0.3 is 16.2 Å². The summed E-state index contributed by atoms with van der Waals surface area (Å²) < 4.78 is 4.91. The zero-order valence-corrected chi connectivity index (χ0v) is 10.1. The Kier molecular flexibility index (Phi) is 5.07. The van der Waals surface area contributed by atoms with Crippen LogP contribution >= 0.6 is 0 Å². The Hall–Kier alpha value is -2.67. The van der Waals surface area contributed by atoms with Crippen molar-refractivity contribution >= 4 is 11.4 Å². The molecule has 0 saturated carbocycles. The number of nitriles is 1. The molecule has 0 fully saturated rings. The minimum atomic E-state index is 0.643. The quantitative estimate of drug-likeness (QED) is 0.751. The molecule has 4 heteroatoms. The molecule has 0 unspecified atom stereocenters. The van der Waals surface area contributed by atoms with Gasteiger partial charge in [-0.05, 0) is 48.5 Å². The van der Waals surface area contributed by atoms with Crippen molar-refractivity contribution in [3.63, 3.8) is 0 Å². The minimum absolute atomic E-state index is 0.643. The largest absolute Gasteiger partial charge is 0.497 e. The van der Waals surface area contributed by atoms with E-state index in [1.54, 1.807) is 43.5 Å². The maximum atomic E-state index is 8.34. The highest BCUT2D eigenvalue weighted by Crippen LogP contribution is 2.11. The van der Waals surface area contributed by atoms with E-state index in [-0.39, 0.29) is 0 Å². The number of anilines is 2. The SMILES string of the molecule is COc1ccc(N)cc1.N#Cc1ccc(N)cc1. The van der Waals surface area contributed by atoms with E-state index in [0.29, 0.717) is 11.3 Å². The molecule has 0 aliphatic carbocycles. The summed E-state index contributed by atoms with van der Waals surface area (Å²) in [5.41, 5.74) is 12.9. The smallest absolute Gasteiger partial charge is 0.119 e. The van der Waals surface area contributed by atoms with Gasteiger partial charge in [-0.3, -0.25) is 0 Å². The predicted octanol–water partition coefficient (Wildman–Crippen LogP) is 2.42. The highest BCUT2D eigenvalue weighted by atomic mass is 16.5. The second kappa shape index (κ2) is 6.81. The molecule has 0 heterocycles. The Morgan fingerprint density at radius 2 is 1.33 bits per heavy atom. The van der Waals surface area contributed by atoms with Crippen LogP contribution in [0.5, 0.6) is 5.75 Å². The average Bonchev–Trinajstić information content (AvgIpc) is 2.41. The van der Waals surface area contributed by atoms with E-state index in [9.17, 15) is 0 Å². The van der Waals surface area contributed by atoms with E-state index < -0.39 is 0 Å². The first-order valence-electron chi connectivity index (χ1n) is 5.31. The number of ether oxygens (including phenoxy) is 1. The van der Waals surface area contributed by atoms with Crippen molar-refractivity contribution < 1.29 is 4.74 Å². The van der Waals surface area contributed by atoms with Crippen molar-refractivity contribution in [1.82, 2.24) is 0 Å². The predicted molar refractivity (Wildman–Crippen MR) is 73.0 cm³/mol. The molecule has 0 atom stereocenters. The standard InChI is InChI=1S/C7H6N2.C7H9NO/c8-5-6-1-3-7(9)4-2-6;1-9-7-4-2-6(8)3-5-7/h1-4H,9H2;2-5H,8H2,1H3. The van der Waals surface area contributed by atoms with Crippen LogP contribution in [0.2, 0.25) is 0 Å². The van der Waals surface area contributed by atoms with Crippen LogP contribution in [-0.2, 0) is 0 Å². The minimum Gasteiger partial charge on any atom is -0.497 e. The van der Waals surface area contributed by atoms with Crippen LogP contribution in [0, 0.1) is 11.3 Å². The average molecular weight is 241 g/mol. The van der Waals surface area contributed by atoms with Gasteiger partial charge in [0.05, 0.1) is 18.7 Å². The maximum absolute atomic E-state index is 8.34. The summed E-state index contributed by atoms with van der Waals surface area (Å²) in [6.45, 7) is 0. The van der Waals surface area contributed by atoms with E-state index in [2.05, 4.69) is 0 Å². The molecular weight excluding hydrogens is 226 g/mol. The van der Waals surface area contributed by atoms with Crippen molar-refractivity contribution in [2.24, 2.45) is 0 Å². The first-order chi connectivity index (χ1) is 8.65. The Morgan fingerprint density at radius 3 is 1.72 bits per heavy atom. The summed E-state index contributed by atoms with van der Waals surface area (Å²) in [6.07, 6.45) is 0. The lowest BCUT2D eigenvalue weighted by Crippen LogP contribution is -1.84. The second-order valence-corrected chi connectivity index (χ2v) is 3.51. The lowest BCUT2D eigenvalue weighted by molar-refractivity contribution is 0.415. The normalized spacial score (nSPS) is 8.67. The van der Waals surface area contributed by atoms with Gasteiger partial charge in [-0.15, -0.1) is 0 Å². The molecule has 0 radical (unpaired) electrons. The van der Waals surface area contributed by atoms with Crippen LogP contribution < -0.4 is 16.2 Å². The number of hydrogen-bond donors (Lipinski definition) is 2. The third kappa shape index (κ3) is 4.45. The van der Waals surface area contributed by atoms with Crippen LogP contribution in [0.1, 0.15) is 5.56 Å². The second-order valence-electron chi connectivity index (χ2n) is 3.51. The van der Waals surface area contributed by atoms with Crippen molar-refractivity contribution in [3.05, 3.63) is 54.1 Å². The summed E-state index contributed by atoms with van der Waals surface area (Å²) in [5, 5.41) is 8.34.